The fourth-order valence-electron chi connectivity index (χ4n) is 3.80. The smallest absolute Gasteiger partial charge is 0.335 e. The number of anilines is 1. The monoisotopic (exact) mass is 448 g/mol. The van der Waals surface area contributed by atoms with E-state index in [1.165, 1.54) is 0 Å². The SMILES string of the molecule is Cl.O=C(O)c1ccc(N2CC[C@H](Oc3ccc(OCCN4CCOCC4)cc3)C2)cc1. The third-order valence-electron chi connectivity index (χ3n) is 5.53. The van der Waals surface area contributed by atoms with Gasteiger partial charge in [0.1, 0.15) is 24.2 Å². The Morgan fingerprint density at radius 1 is 1.00 bits per heavy atom. The van der Waals surface area contributed by atoms with Crippen LogP contribution in [0.3, 0.4) is 0 Å². The maximum Gasteiger partial charge on any atom is 0.335 e. The lowest BCUT2D eigenvalue weighted by Crippen LogP contribution is -2.38. The van der Waals surface area contributed by atoms with Crippen LogP contribution in [0.1, 0.15) is 16.8 Å². The molecule has 2 aromatic rings. The van der Waals surface area contributed by atoms with E-state index in [1.54, 1.807) is 12.1 Å². The summed E-state index contributed by atoms with van der Waals surface area (Å²) in [5.74, 6) is 0.781. The highest BCUT2D eigenvalue weighted by molar-refractivity contribution is 5.88. The first-order valence-corrected chi connectivity index (χ1v) is 10.5. The highest BCUT2D eigenvalue weighted by Gasteiger charge is 2.24. The highest BCUT2D eigenvalue weighted by atomic mass is 35.5. The Balaban J connectivity index is 0.00000272. The van der Waals surface area contributed by atoms with Gasteiger partial charge in [-0.25, -0.2) is 4.79 Å². The summed E-state index contributed by atoms with van der Waals surface area (Å²) in [7, 11) is 0. The molecule has 7 nitrogen and oxygen atoms in total. The first-order chi connectivity index (χ1) is 14.7. The van der Waals surface area contributed by atoms with Crippen LogP contribution < -0.4 is 14.4 Å². The molecule has 0 amide bonds. The summed E-state index contributed by atoms with van der Waals surface area (Å²) in [6, 6.07) is 14.8. The summed E-state index contributed by atoms with van der Waals surface area (Å²) < 4.78 is 17.3. The Labute approximate surface area is 188 Å². The number of morpholine rings is 1. The lowest BCUT2D eigenvalue weighted by molar-refractivity contribution is 0.0322. The maximum atomic E-state index is 11.0. The van der Waals surface area contributed by atoms with Gasteiger partial charge in [-0.2, -0.15) is 0 Å². The van der Waals surface area contributed by atoms with Crippen LogP contribution in [0.2, 0.25) is 0 Å². The van der Waals surface area contributed by atoms with E-state index in [1.807, 2.05) is 36.4 Å². The largest absolute Gasteiger partial charge is 0.492 e. The predicted molar refractivity (Wildman–Crippen MR) is 121 cm³/mol. The first kappa shape index (κ1) is 23.2. The molecule has 0 aromatic heterocycles. The summed E-state index contributed by atoms with van der Waals surface area (Å²) >= 11 is 0. The molecule has 2 heterocycles. The van der Waals surface area contributed by atoms with Gasteiger partial charge in [0.2, 0.25) is 0 Å². The lowest BCUT2D eigenvalue weighted by Gasteiger charge is -2.26. The fourth-order valence-corrected chi connectivity index (χ4v) is 3.80. The lowest BCUT2D eigenvalue weighted by atomic mass is 10.2. The van der Waals surface area contributed by atoms with E-state index in [4.69, 9.17) is 19.3 Å². The molecule has 0 aliphatic carbocycles. The van der Waals surface area contributed by atoms with E-state index in [0.29, 0.717) is 12.2 Å². The number of hydrogen-bond acceptors (Lipinski definition) is 6. The molecule has 168 valence electrons. The summed E-state index contributed by atoms with van der Waals surface area (Å²) in [5, 5.41) is 9.03. The number of halogens is 1. The van der Waals surface area contributed by atoms with Crippen molar-refractivity contribution in [1.82, 2.24) is 4.90 Å². The van der Waals surface area contributed by atoms with Gasteiger partial charge in [-0.05, 0) is 48.5 Å². The van der Waals surface area contributed by atoms with Crippen LogP contribution in [0.25, 0.3) is 0 Å². The van der Waals surface area contributed by atoms with Crippen molar-refractivity contribution in [3.05, 3.63) is 54.1 Å². The molecule has 0 bridgehead atoms. The third-order valence-corrected chi connectivity index (χ3v) is 5.53. The molecule has 2 aromatic carbocycles. The molecule has 31 heavy (non-hydrogen) atoms. The van der Waals surface area contributed by atoms with Crippen LogP contribution in [0.15, 0.2) is 48.5 Å². The number of rotatable bonds is 8. The zero-order valence-corrected chi connectivity index (χ0v) is 18.3. The van der Waals surface area contributed by atoms with Crippen molar-refractivity contribution in [3.8, 4) is 11.5 Å². The molecule has 2 fully saturated rings. The molecule has 0 radical (unpaired) electrons. The van der Waals surface area contributed by atoms with Crippen molar-refractivity contribution in [2.24, 2.45) is 0 Å². The van der Waals surface area contributed by atoms with Gasteiger partial charge in [0.25, 0.3) is 0 Å². The van der Waals surface area contributed by atoms with Crippen molar-refractivity contribution in [1.29, 1.82) is 0 Å². The molecular weight excluding hydrogens is 420 g/mol. The average molecular weight is 449 g/mol. The van der Waals surface area contributed by atoms with Crippen LogP contribution in [-0.4, -0.2) is 74.6 Å². The molecule has 2 aliphatic rings. The number of carboxylic acid groups (broad SMARTS) is 1. The zero-order chi connectivity index (χ0) is 20.8. The predicted octanol–water partition coefficient (Wildman–Crippen LogP) is 3.18. The molecule has 0 unspecified atom stereocenters. The molecule has 2 saturated heterocycles. The Morgan fingerprint density at radius 3 is 2.35 bits per heavy atom. The summed E-state index contributed by atoms with van der Waals surface area (Å²) in [5.41, 5.74) is 1.33. The molecule has 0 saturated carbocycles. The molecule has 4 rings (SSSR count). The normalized spacial score (nSPS) is 19.0. The molecular formula is C23H29ClN2O5. The number of hydrogen-bond donors (Lipinski definition) is 1. The minimum atomic E-state index is -0.905. The van der Waals surface area contributed by atoms with Gasteiger partial charge in [-0.3, -0.25) is 4.90 Å². The molecule has 0 spiro atoms. The van der Waals surface area contributed by atoms with Gasteiger partial charge in [-0.15, -0.1) is 12.4 Å². The fraction of sp³-hybridized carbons (Fsp3) is 0.435. The topological polar surface area (TPSA) is 71.5 Å². The van der Waals surface area contributed by atoms with Crippen LogP contribution in [0, 0.1) is 0 Å². The van der Waals surface area contributed by atoms with E-state index in [-0.39, 0.29) is 18.5 Å². The second-order valence-corrected chi connectivity index (χ2v) is 7.60. The highest BCUT2D eigenvalue weighted by Crippen LogP contribution is 2.25. The summed E-state index contributed by atoms with van der Waals surface area (Å²) in [6.07, 6.45) is 1.04. The van der Waals surface area contributed by atoms with Crippen LogP contribution >= 0.6 is 12.4 Å². The molecule has 8 heteroatoms. The van der Waals surface area contributed by atoms with E-state index in [0.717, 1.165) is 69.5 Å². The Morgan fingerprint density at radius 2 is 1.68 bits per heavy atom. The summed E-state index contributed by atoms with van der Waals surface area (Å²) in [6.45, 7) is 6.79. The first-order valence-electron chi connectivity index (χ1n) is 10.5. The van der Waals surface area contributed by atoms with Crippen LogP contribution in [-0.2, 0) is 4.74 Å². The van der Waals surface area contributed by atoms with Gasteiger partial charge in [0.05, 0.1) is 25.3 Å². The number of aromatic carboxylic acids is 1. The number of nitrogens with zero attached hydrogens (tertiary/aromatic N) is 2. The molecule has 1 atom stereocenters. The Bertz CT molecular complexity index is 825. The van der Waals surface area contributed by atoms with E-state index in [2.05, 4.69) is 9.80 Å². The van der Waals surface area contributed by atoms with Gasteiger partial charge in [0.15, 0.2) is 0 Å². The van der Waals surface area contributed by atoms with Crippen LogP contribution in [0.4, 0.5) is 5.69 Å². The van der Waals surface area contributed by atoms with E-state index >= 15 is 0 Å². The number of carboxylic acids is 1. The van der Waals surface area contributed by atoms with Crippen LogP contribution in [0.5, 0.6) is 11.5 Å². The quantitative estimate of drug-likeness (QED) is 0.665. The number of carbonyl (C=O) groups is 1. The second-order valence-electron chi connectivity index (χ2n) is 7.60. The Hall–Kier alpha value is -2.48. The minimum absolute atomic E-state index is 0. The standard InChI is InChI=1S/C23H28N2O5.ClH/c26-23(27)18-1-3-19(4-2-18)25-10-9-22(17-25)30-21-7-5-20(6-8-21)29-16-13-24-11-14-28-15-12-24;/h1-8,22H,9-17H2,(H,26,27);1H/t22-;/m0./s1. The number of ether oxygens (including phenoxy) is 3. The van der Waals surface area contributed by atoms with Crippen molar-refractivity contribution in [2.75, 3.05) is 57.4 Å². The second kappa shape index (κ2) is 11.2. The van der Waals surface area contributed by atoms with Crippen molar-refractivity contribution in [2.45, 2.75) is 12.5 Å². The van der Waals surface area contributed by atoms with E-state index < -0.39 is 5.97 Å². The van der Waals surface area contributed by atoms with Gasteiger partial charge in [0, 0.05) is 38.3 Å². The van der Waals surface area contributed by atoms with Crippen molar-refractivity contribution >= 4 is 24.1 Å². The Kier molecular flexibility index (Phi) is 8.40. The van der Waals surface area contributed by atoms with E-state index in [9.17, 15) is 4.79 Å². The minimum Gasteiger partial charge on any atom is -0.492 e. The maximum absolute atomic E-state index is 11.0. The average Bonchev–Trinajstić information content (AvgIpc) is 3.24. The van der Waals surface area contributed by atoms with Crippen molar-refractivity contribution < 1.29 is 24.1 Å². The zero-order valence-electron chi connectivity index (χ0n) is 17.4. The van der Waals surface area contributed by atoms with Gasteiger partial charge >= 0.3 is 5.97 Å². The summed E-state index contributed by atoms with van der Waals surface area (Å²) in [4.78, 5) is 15.6. The number of benzene rings is 2. The third kappa shape index (κ3) is 6.50. The molecule has 2 aliphatic heterocycles. The van der Waals surface area contributed by atoms with Crippen molar-refractivity contribution in [3.63, 3.8) is 0 Å². The van der Waals surface area contributed by atoms with Gasteiger partial charge in [-0.1, -0.05) is 0 Å². The molecule has 1 N–H and O–H groups in total. The van der Waals surface area contributed by atoms with Gasteiger partial charge < -0.3 is 24.2 Å².